The van der Waals surface area contributed by atoms with Gasteiger partial charge >= 0.3 is 17.9 Å². The summed E-state index contributed by atoms with van der Waals surface area (Å²) in [5.74, 6) is -23.0. The van der Waals surface area contributed by atoms with Crippen molar-refractivity contribution in [3.05, 3.63) is 29.8 Å². The second-order valence-corrected chi connectivity index (χ2v) is 29.1. The quantitative estimate of drug-likeness (QED) is 0.0125. The predicted octanol–water partition coefficient (Wildman–Crippen LogP) is -10.6. The maximum absolute atomic E-state index is 14.2. The normalized spacial score (nSPS) is 15.0. The summed E-state index contributed by atoms with van der Waals surface area (Å²) in [5.41, 5.74) is 16.6. The molecule has 1 aromatic rings. The lowest BCUT2D eigenvalue weighted by atomic mass is 9.96. The molecule has 0 spiro atoms. The standard InChI is InChI=1S/C71H116N26O23S2/c1-6-35(4)56(67(118)97-55(34(2)3)66(117)91-42(14-10-24-81-71(76)77)62(113)90-40(12-8-22-79-69(72)73)61(112)87-36(5)57(108)93-45(68(119)120)26-54(106)107)96-52(103)30-84-49(100)28-82-48(99)27-83-50(101)29-85-58(109)43(19-20-53(104)105)88-51(102)31-86-59(110)46(32-121)94-64(115)44(25-37-15-17-38(98)18-16-37)92-65(116)47(33-122)95-63(114)41(13-9-23-80-70(74)75)89-60(111)39-11-7-21-78-39/h15-18,34-36,39-47,55-56,78,98,121-122H,6-14,19-33H2,1-5H3,(H,82,99)(H,83,101)(H,84,100)(H,85,109)(H,86,110)(H,87,112)(H,88,102)(H,89,111)(H,90,113)(H,91,117)(H,92,116)(H,93,108)(H,94,115)(H,95,114)(H,96,103)(H,97,118)(H,104,105)(H,106,107)(H,119,120)(H4,72,73,79)(H4,74,75,80)(H4,76,77,81)/t35-,36-,39-,40-,41-,42-,43-,44-,45-,46-,47-,55-,56-/m0/s1. The van der Waals surface area contributed by atoms with Gasteiger partial charge in [-0.25, -0.2) is 4.79 Å². The van der Waals surface area contributed by atoms with Gasteiger partial charge in [0.2, 0.25) is 94.5 Å². The van der Waals surface area contributed by atoms with Crippen molar-refractivity contribution in [3.63, 3.8) is 0 Å². The number of hydrogen-bond donors (Lipinski definition) is 32. The van der Waals surface area contributed by atoms with E-state index in [1.165, 1.54) is 24.3 Å². The minimum Gasteiger partial charge on any atom is -0.508 e. The molecule has 1 aliphatic rings. The third-order valence-electron chi connectivity index (χ3n) is 18.2. The van der Waals surface area contributed by atoms with E-state index in [-0.39, 0.29) is 88.5 Å². The lowest BCUT2D eigenvalue weighted by molar-refractivity contribution is -0.147. The van der Waals surface area contributed by atoms with Crippen molar-refractivity contribution >= 4 is 156 Å². The molecule has 122 heavy (non-hydrogen) atoms. The highest BCUT2D eigenvalue weighted by Gasteiger charge is 2.38. The van der Waals surface area contributed by atoms with E-state index in [1.54, 1.807) is 27.7 Å². The molecule has 0 aliphatic carbocycles. The Morgan fingerprint density at radius 2 is 0.828 bits per heavy atom. The largest absolute Gasteiger partial charge is 0.508 e. The van der Waals surface area contributed by atoms with Crippen LogP contribution in [0.5, 0.6) is 5.75 Å². The number of carbonyl (C=O) groups is 19. The van der Waals surface area contributed by atoms with E-state index in [2.05, 4.69) is 126 Å². The number of hydrogen-bond acceptors (Lipinski definition) is 26. The highest BCUT2D eigenvalue weighted by molar-refractivity contribution is 7.80. The Balaban J connectivity index is 2.08. The molecule has 1 heterocycles. The molecular formula is C71H116N26O23S2. The first-order valence-corrected chi connectivity index (χ1v) is 40.1. The summed E-state index contributed by atoms with van der Waals surface area (Å²) in [5, 5.41) is 109. The van der Waals surface area contributed by atoms with E-state index in [9.17, 15) is 106 Å². The minimum absolute atomic E-state index is 0.0123. The molecule has 1 fully saturated rings. The number of carboxylic acids is 3. The second kappa shape index (κ2) is 56.0. The van der Waals surface area contributed by atoms with Crippen molar-refractivity contribution in [2.75, 3.05) is 70.4 Å². The number of carbonyl (C=O) groups excluding carboxylic acids is 16. The Morgan fingerprint density at radius 1 is 0.434 bits per heavy atom. The number of guanidine groups is 3. The molecule has 13 atom stereocenters. The summed E-state index contributed by atoms with van der Waals surface area (Å²) in [6, 6.07) is -11.4. The molecule has 0 unspecified atom stereocenters. The van der Waals surface area contributed by atoms with Gasteiger partial charge in [0.1, 0.15) is 72.2 Å². The number of aliphatic carboxylic acids is 3. The van der Waals surface area contributed by atoms with Gasteiger partial charge in [-0.15, -0.1) is 0 Å². The van der Waals surface area contributed by atoms with E-state index in [4.69, 9.17) is 38.5 Å². The summed E-state index contributed by atoms with van der Waals surface area (Å²) in [6.07, 6.45) is -0.903. The number of amides is 16. The maximum atomic E-state index is 14.2. The SMILES string of the molecule is CC[C@H](C)[C@H](NC(=O)CNC(=O)CNC(=O)CNC(=O)CNC(=O)[C@H](CCC(=O)O)NC(=O)CNC(=O)[C@H](CS)NC(=O)[C@H](Cc1ccc(O)cc1)NC(=O)[C@H](CS)NC(=O)[C@H](CCCNC(=N)N)NC(=O)[C@@H]1CCCN1)C(=O)N[C@H](C(=O)N[C@@H](CCCNC(=N)N)C(=O)N[C@@H](CCCNC(=N)N)C(=O)N[C@@H](C)C(=O)N[C@@H](CC(=O)O)C(=O)O)C(C)C. The van der Waals surface area contributed by atoms with Gasteiger partial charge in [0.05, 0.1) is 45.2 Å². The summed E-state index contributed by atoms with van der Waals surface area (Å²) < 4.78 is 0. The molecule has 680 valence electrons. The molecule has 1 aromatic carbocycles. The number of phenolic OH excluding ortho intramolecular Hbond substituents is 1. The Hall–Kier alpha value is -12.6. The summed E-state index contributed by atoms with van der Waals surface area (Å²) in [4.78, 5) is 250. The molecule has 1 saturated heterocycles. The van der Waals surface area contributed by atoms with Crippen LogP contribution in [0, 0.1) is 28.1 Å². The predicted molar refractivity (Wildman–Crippen MR) is 441 cm³/mol. The zero-order valence-electron chi connectivity index (χ0n) is 68.0. The molecule has 1 aliphatic heterocycles. The fourth-order valence-corrected chi connectivity index (χ4v) is 11.7. The molecule has 16 amide bonds. The first kappa shape index (κ1) is 105. The average Bonchev–Trinajstić information content (AvgIpc) is 1.02. The van der Waals surface area contributed by atoms with Gasteiger partial charge in [-0.1, -0.05) is 46.2 Å². The van der Waals surface area contributed by atoms with Crippen molar-refractivity contribution < 1.29 is 112 Å². The van der Waals surface area contributed by atoms with Crippen LogP contribution >= 0.6 is 25.3 Å². The van der Waals surface area contributed by atoms with Gasteiger partial charge in [0.25, 0.3) is 0 Å². The van der Waals surface area contributed by atoms with Gasteiger partial charge < -0.3 is 144 Å². The Labute approximate surface area is 712 Å². The summed E-state index contributed by atoms with van der Waals surface area (Å²) in [7, 11) is 0. The number of thiol groups is 2. The van der Waals surface area contributed by atoms with E-state index in [0.29, 0.717) is 18.5 Å². The number of carboxylic acid groups (broad SMARTS) is 3. The monoisotopic (exact) mass is 1760 g/mol. The van der Waals surface area contributed by atoms with Crippen LogP contribution in [0.4, 0.5) is 0 Å². The van der Waals surface area contributed by atoms with E-state index in [0.717, 1.165) is 13.3 Å². The van der Waals surface area contributed by atoms with Crippen LogP contribution in [-0.4, -0.2) is 294 Å². The summed E-state index contributed by atoms with van der Waals surface area (Å²) in [6.45, 7) is 4.25. The fraction of sp³-hybridized carbons (Fsp3) is 0.606. The molecule has 51 heteroatoms. The zero-order valence-corrected chi connectivity index (χ0v) is 69.8. The molecule has 0 saturated carbocycles. The molecule has 0 bridgehead atoms. The first-order valence-electron chi connectivity index (χ1n) is 38.8. The molecule has 33 N–H and O–H groups in total. The van der Waals surface area contributed by atoms with E-state index >= 15 is 0 Å². The third kappa shape index (κ3) is 42.4. The third-order valence-corrected chi connectivity index (χ3v) is 18.9. The highest BCUT2D eigenvalue weighted by atomic mass is 32.1. The Morgan fingerprint density at radius 3 is 1.28 bits per heavy atom. The molecular weight excluding hydrogens is 1650 g/mol. The molecule has 49 nitrogen and oxygen atoms in total. The summed E-state index contributed by atoms with van der Waals surface area (Å²) >= 11 is 8.43. The first-order chi connectivity index (χ1) is 57.5. The lowest BCUT2D eigenvalue weighted by Crippen LogP contribution is -2.61. The smallest absolute Gasteiger partial charge is 0.326 e. The van der Waals surface area contributed by atoms with Crippen LogP contribution in [0.15, 0.2) is 24.3 Å². The number of rotatable bonds is 57. The van der Waals surface area contributed by atoms with Crippen molar-refractivity contribution in [2.45, 2.75) is 191 Å². The average molecular weight is 1770 g/mol. The van der Waals surface area contributed by atoms with Gasteiger partial charge in [-0.2, -0.15) is 25.3 Å². The van der Waals surface area contributed by atoms with Gasteiger partial charge in [0, 0.05) is 44.0 Å². The van der Waals surface area contributed by atoms with Gasteiger partial charge in [-0.3, -0.25) is 103 Å². The molecule has 0 aromatic heterocycles. The molecule has 2 rings (SSSR count). The van der Waals surface area contributed by atoms with Crippen LogP contribution in [0.3, 0.4) is 0 Å². The van der Waals surface area contributed by atoms with Crippen molar-refractivity contribution in [1.82, 2.24) is 106 Å². The Bertz CT molecular complexity index is 3840. The van der Waals surface area contributed by atoms with E-state index in [1.807, 2.05) is 5.32 Å². The van der Waals surface area contributed by atoms with Crippen LogP contribution < -0.4 is 124 Å². The molecule has 0 radical (unpaired) electrons. The van der Waals surface area contributed by atoms with Crippen LogP contribution in [0.1, 0.15) is 117 Å². The second-order valence-electron chi connectivity index (χ2n) is 28.4. The highest BCUT2D eigenvalue weighted by Crippen LogP contribution is 2.16. The number of nitrogens with two attached hydrogens (primary N) is 3. The van der Waals surface area contributed by atoms with Crippen LogP contribution in [0.25, 0.3) is 0 Å². The topological polar surface area (TPSA) is 795 Å². The number of aromatic hydroxyl groups is 1. The van der Waals surface area contributed by atoms with Crippen LogP contribution in [0.2, 0.25) is 0 Å². The van der Waals surface area contributed by atoms with Gasteiger partial charge in [-0.05, 0) is 101 Å². The number of phenols is 1. The minimum atomic E-state index is -1.87. The van der Waals surface area contributed by atoms with E-state index < -0.39 is 266 Å². The van der Waals surface area contributed by atoms with Crippen molar-refractivity contribution in [1.29, 1.82) is 16.2 Å². The van der Waals surface area contributed by atoms with Crippen molar-refractivity contribution in [2.24, 2.45) is 29.0 Å². The number of nitrogens with one attached hydrogen (secondary N) is 23. The van der Waals surface area contributed by atoms with Crippen molar-refractivity contribution in [3.8, 4) is 5.75 Å². The zero-order chi connectivity index (χ0) is 91.9. The Kier molecular flexibility index (Phi) is 48.5. The fourth-order valence-electron chi connectivity index (χ4n) is 11.2. The van der Waals surface area contributed by atoms with Crippen LogP contribution in [-0.2, 0) is 97.5 Å². The van der Waals surface area contributed by atoms with Gasteiger partial charge in [0.15, 0.2) is 17.9 Å². The lowest BCUT2D eigenvalue weighted by Gasteiger charge is -2.29. The number of benzene rings is 1. The maximum Gasteiger partial charge on any atom is 0.326 e.